The Balaban J connectivity index is 1.48. The fourth-order valence-corrected chi connectivity index (χ4v) is 3.34. The number of urea groups is 1. The maximum Gasteiger partial charge on any atom is 0.319 e. The lowest BCUT2D eigenvalue weighted by molar-refractivity contribution is -0.139. The molecule has 0 atom stereocenters. The smallest absolute Gasteiger partial charge is 0.319 e. The molecular weight excluding hydrogens is 368 g/mol. The number of aliphatic carboxylic acids is 1. The Labute approximate surface area is 154 Å². The molecule has 142 valence electrons. The van der Waals surface area contributed by atoms with Crippen LogP contribution in [0.5, 0.6) is 0 Å². The Morgan fingerprint density at radius 3 is 2.38 bits per heavy atom. The Morgan fingerprint density at radius 2 is 1.85 bits per heavy atom. The number of carbonyl (C=O) groups is 2. The number of nitrogens with one attached hydrogen (secondary N) is 2. The first kappa shape index (κ1) is 18.8. The number of carboxylic acid groups (broad SMARTS) is 1. The van der Waals surface area contributed by atoms with Gasteiger partial charge in [0.2, 0.25) is 0 Å². The van der Waals surface area contributed by atoms with Crippen molar-refractivity contribution in [3.63, 3.8) is 0 Å². The van der Waals surface area contributed by atoms with Crippen molar-refractivity contribution in [1.82, 2.24) is 10.2 Å². The minimum Gasteiger partial charge on any atom is -0.480 e. The molecule has 3 N–H and O–H groups in total. The summed E-state index contributed by atoms with van der Waals surface area (Å²) >= 11 is 5.54. The van der Waals surface area contributed by atoms with E-state index in [4.69, 9.17) is 16.7 Å². The van der Waals surface area contributed by atoms with Crippen molar-refractivity contribution < 1.29 is 23.5 Å². The monoisotopic (exact) mass is 387 g/mol. The van der Waals surface area contributed by atoms with E-state index in [9.17, 15) is 18.4 Å². The van der Waals surface area contributed by atoms with Crippen LogP contribution in [0.1, 0.15) is 25.7 Å². The molecule has 0 heterocycles. The van der Waals surface area contributed by atoms with Crippen LogP contribution < -0.4 is 10.6 Å². The van der Waals surface area contributed by atoms with Gasteiger partial charge in [0.05, 0.1) is 6.54 Å². The van der Waals surface area contributed by atoms with E-state index in [2.05, 4.69) is 10.6 Å². The highest BCUT2D eigenvalue weighted by Gasteiger charge is 2.37. The molecule has 9 heteroatoms. The van der Waals surface area contributed by atoms with Gasteiger partial charge in [0.15, 0.2) is 11.6 Å². The van der Waals surface area contributed by atoms with Gasteiger partial charge in [-0.15, -0.1) is 0 Å². The molecule has 0 bridgehead atoms. The summed E-state index contributed by atoms with van der Waals surface area (Å²) in [6.45, 7) is 0.748. The molecule has 0 aliphatic heterocycles. The molecule has 0 unspecified atom stereocenters. The van der Waals surface area contributed by atoms with E-state index in [0.29, 0.717) is 18.8 Å². The molecule has 2 amide bonds. The molecule has 0 aromatic heterocycles. The van der Waals surface area contributed by atoms with Gasteiger partial charge in [-0.25, -0.2) is 13.6 Å². The van der Waals surface area contributed by atoms with E-state index in [0.717, 1.165) is 31.5 Å². The summed E-state index contributed by atoms with van der Waals surface area (Å²) in [6.07, 6.45) is 3.48. The molecule has 2 fully saturated rings. The quantitative estimate of drug-likeness (QED) is 0.671. The summed E-state index contributed by atoms with van der Waals surface area (Å²) in [5.41, 5.74) is -0.552. The molecule has 0 radical (unpaired) electrons. The minimum atomic E-state index is -0.950. The van der Waals surface area contributed by atoms with Gasteiger partial charge < -0.3 is 15.7 Å². The standard InChI is InChI=1S/C17H20ClF2N3O3/c18-10-3-13(19)16(14(20)4-10)22-17(26)21-11-5-12(6-11)23(8-15(24)25)7-9-1-2-9/h3-4,9,11-12H,1-2,5-8H2,(H,24,25)(H2,21,22,26). The molecular formula is C17H20ClF2N3O3. The second kappa shape index (κ2) is 7.75. The predicted molar refractivity (Wildman–Crippen MR) is 92.3 cm³/mol. The zero-order chi connectivity index (χ0) is 18.8. The van der Waals surface area contributed by atoms with E-state index in [1.807, 2.05) is 4.90 Å². The third kappa shape index (κ3) is 4.82. The SMILES string of the molecule is O=C(O)CN(CC1CC1)C1CC(NC(=O)Nc2c(F)cc(Cl)cc2F)C1. The second-order valence-corrected chi connectivity index (χ2v) is 7.37. The molecule has 26 heavy (non-hydrogen) atoms. The van der Waals surface area contributed by atoms with Crippen molar-refractivity contribution in [1.29, 1.82) is 0 Å². The number of nitrogens with zero attached hydrogens (tertiary/aromatic N) is 1. The largest absolute Gasteiger partial charge is 0.480 e. The van der Waals surface area contributed by atoms with E-state index < -0.39 is 29.3 Å². The molecule has 2 aliphatic carbocycles. The molecule has 1 aromatic rings. The number of halogens is 3. The van der Waals surface area contributed by atoms with E-state index in [-0.39, 0.29) is 23.7 Å². The summed E-state index contributed by atoms with van der Waals surface area (Å²) < 4.78 is 27.4. The normalized spacial score (nSPS) is 22.0. The third-order valence-electron chi connectivity index (χ3n) is 4.74. The lowest BCUT2D eigenvalue weighted by atomic mass is 9.85. The summed E-state index contributed by atoms with van der Waals surface area (Å²) in [5, 5.41) is 13.7. The van der Waals surface area contributed by atoms with Crippen molar-refractivity contribution in [2.75, 3.05) is 18.4 Å². The highest BCUT2D eigenvalue weighted by Crippen LogP contribution is 2.33. The van der Waals surface area contributed by atoms with Crippen LogP contribution >= 0.6 is 11.6 Å². The maximum absolute atomic E-state index is 13.7. The van der Waals surface area contributed by atoms with Crippen LogP contribution in [0.3, 0.4) is 0 Å². The number of rotatable bonds is 7. The zero-order valence-corrected chi connectivity index (χ0v) is 14.7. The number of hydrogen-bond acceptors (Lipinski definition) is 3. The fourth-order valence-electron chi connectivity index (χ4n) is 3.15. The molecule has 3 rings (SSSR count). The lowest BCUT2D eigenvalue weighted by Crippen LogP contribution is -2.56. The van der Waals surface area contributed by atoms with Crippen molar-refractivity contribution >= 4 is 29.3 Å². The van der Waals surface area contributed by atoms with Gasteiger partial charge in [0.1, 0.15) is 5.69 Å². The Morgan fingerprint density at radius 1 is 1.23 bits per heavy atom. The van der Waals surface area contributed by atoms with E-state index in [1.54, 1.807) is 0 Å². The summed E-state index contributed by atoms with van der Waals surface area (Å²) in [6, 6.07) is 1.07. The van der Waals surface area contributed by atoms with Crippen LogP contribution in [-0.4, -0.2) is 47.2 Å². The molecule has 2 saturated carbocycles. The average molecular weight is 388 g/mol. The molecule has 0 saturated heterocycles. The number of hydrogen-bond donors (Lipinski definition) is 3. The summed E-state index contributed by atoms with van der Waals surface area (Å²) in [5.74, 6) is -2.20. The number of benzene rings is 1. The van der Waals surface area contributed by atoms with Crippen molar-refractivity contribution in [3.05, 3.63) is 28.8 Å². The van der Waals surface area contributed by atoms with Gasteiger partial charge in [0, 0.05) is 23.7 Å². The topological polar surface area (TPSA) is 81.7 Å². The number of amides is 2. The molecule has 6 nitrogen and oxygen atoms in total. The van der Waals surface area contributed by atoms with Gasteiger partial charge in [-0.05, 0) is 43.7 Å². The maximum atomic E-state index is 13.7. The van der Waals surface area contributed by atoms with Gasteiger partial charge in [-0.1, -0.05) is 11.6 Å². The number of carboxylic acids is 1. The average Bonchev–Trinajstić information content (AvgIpc) is 3.29. The van der Waals surface area contributed by atoms with Crippen LogP contribution in [0, 0.1) is 17.6 Å². The fraction of sp³-hybridized carbons (Fsp3) is 0.529. The first-order valence-electron chi connectivity index (χ1n) is 8.49. The highest BCUT2D eigenvalue weighted by molar-refractivity contribution is 6.30. The lowest BCUT2D eigenvalue weighted by Gasteiger charge is -2.42. The second-order valence-electron chi connectivity index (χ2n) is 6.93. The molecule has 0 spiro atoms. The van der Waals surface area contributed by atoms with Crippen LogP contribution in [0.15, 0.2) is 12.1 Å². The first-order valence-corrected chi connectivity index (χ1v) is 8.87. The van der Waals surface area contributed by atoms with Crippen LogP contribution in [0.4, 0.5) is 19.3 Å². The third-order valence-corrected chi connectivity index (χ3v) is 4.96. The van der Waals surface area contributed by atoms with Crippen molar-refractivity contribution in [2.24, 2.45) is 5.92 Å². The van der Waals surface area contributed by atoms with Crippen molar-refractivity contribution in [2.45, 2.75) is 37.8 Å². The Bertz CT molecular complexity index is 685. The summed E-state index contributed by atoms with van der Waals surface area (Å²) in [4.78, 5) is 24.9. The van der Waals surface area contributed by atoms with Gasteiger partial charge in [-0.2, -0.15) is 0 Å². The van der Waals surface area contributed by atoms with Crippen molar-refractivity contribution in [3.8, 4) is 0 Å². The van der Waals surface area contributed by atoms with Crippen LogP contribution in [-0.2, 0) is 4.79 Å². The Kier molecular flexibility index (Phi) is 5.62. The zero-order valence-electron chi connectivity index (χ0n) is 14.0. The molecule has 1 aromatic carbocycles. The van der Waals surface area contributed by atoms with E-state index in [1.165, 1.54) is 0 Å². The Hall–Kier alpha value is -1.93. The predicted octanol–water partition coefficient (Wildman–Crippen LogP) is 3.07. The number of anilines is 1. The van der Waals surface area contributed by atoms with Crippen LogP contribution in [0.25, 0.3) is 0 Å². The highest BCUT2D eigenvalue weighted by atomic mass is 35.5. The van der Waals surface area contributed by atoms with Gasteiger partial charge in [0.25, 0.3) is 0 Å². The van der Waals surface area contributed by atoms with Gasteiger partial charge in [-0.3, -0.25) is 9.69 Å². The summed E-state index contributed by atoms with van der Waals surface area (Å²) in [7, 11) is 0. The van der Waals surface area contributed by atoms with E-state index >= 15 is 0 Å². The first-order chi connectivity index (χ1) is 12.3. The van der Waals surface area contributed by atoms with Crippen LogP contribution in [0.2, 0.25) is 5.02 Å². The minimum absolute atomic E-state index is 0.0126. The molecule has 2 aliphatic rings. The van der Waals surface area contributed by atoms with Gasteiger partial charge >= 0.3 is 12.0 Å². The number of carbonyl (C=O) groups excluding carboxylic acids is 1.